The van der Waals surface area contributed by atoms with E-state index in [2.05, 4.69) is 20.8 Å². The highest BCUT2D eigenvalue weighted by atomic mass is 16.2. The van der Waals surface area contributed by atoms with Gasteiger partial charge in [-0.15, -0.1) is 0 Å². The van der Waals surface area contributed by atoms with Crippen molar-refractivity contribution < 1.29 is 9.59 Å². The van der Waals surface area contributed by atoms with Crippen molar-refractivity contribution in [2.75, 3.05) is 26.2 Å². The lowest BCUT2D eigenvalue weighted by Crippen LogP contribution is -2.56. The lowest BCUT2D eigenvalue weighted by atomic mass is 10.1. The van der Waals surface area contributed by atoms with Crippen molar-refractivity contribution in [3.05, 3.63) is 18.0 Å². The van der Waals surface area contributed by atoms with E-state index in [4.69, 9.17) is 0 Å². The third kappa shape index (κ3) is 3.80. The second-order valence-electron chi connectivity index (χ2n) is 4.82. The summed E-state index contributed by atoms with van der Waals surface area (Å²) in [5.74, 6) is -0.146. The van der Waals surface area contributed by atoms with E-state index in [1.165, 1.54) is 0 Å². The van der Waals surface area contributed by atoms with Gasteiger partial charge in [0.05, 0.1) is 12.5 Å². The van der Waals surface area contributed by atoms with Crippen molar-refractivity contribution in [1.29, 1.82) is 0 Å². The molecule has 0 saturated carbocycles. The molecule has 1 aliphatic heterocycles. The fourth-order valence-corrected chi connectivity index (χ4v) is 2.37. The van der Waals surface area contributed by atoms with Gasteiger partial charge in [-0.1, -0.05) is 6.92 Å². The van der Waals surface area contributed by atoms with Crippen LogP contribution in [-0.2, 0) is 16.0 Å². The molecule has 1 saturated heterocycles. The number of carbonyl (C=O) groups is 2. The first-order valence-electron chi connectivity index (χ1n) is 6.97. The van der Waals surface area contributed by atoms with Crippen LogP contribution in [0.4, 0.5) is 0 Å². The number of carbonyl (C=O) groups excluding carboxylic acids is 2. The Hall–Kier alpha value is -1.89. The Balaban J connectivity index is 1.76. The number of nitrogens with zero attached hydrogens (tertiary/aromatic N) is 2. The molecule has 0 aromatic carbocycles. The van der Waals surface area contributed by atoms with Crippen molar-refractivity contribution in [3.63, 3.8) is 0 Å². The van der Waals surface area contributed by atoms with Gasteiger partial charge < -0.3 is 10.6 Å². The summed E-state index contributed by atoms with van der Waals surface area (Å²) in [6.07, 6.45) is 2.60. The van der Waals surface area contributed by atoms with Crippen LogP contribution in [0.2, 0.25) is 0 Å². The Bertz CT molecular complexity index is 446. The topological polar surface area (TPSA) is 90.1 Å². The fraction of sp³-hybridized carbons (Fsp3) is 0.615. The molecule has 0 spiro atoms. The molecular weight excluding hydrogens is 258 g/mol. The van der Waals surface area contributed by atoms with E-state index in [0.717, 1.165) is 18.8 Å². The minimum absolute atomic E-state index is 0.0539. The van der Waals surface area contributed by atoms with Crippen LogP contribution in [0.5, 0.6) is 0 Å². The van der Waals surface area contributed by atoms with Crippen molar-refractivity contribution in [3.8, 4) is 0 Å². The van der Waals surface area contributed by atoms with Crippen LogP contribution in [0, 0.1) is 0 Å². The first kappa shape index (κ1) is 14.5. The third-order valence-corrected chi connectivity index (χ3v) is 3.50. The van der Waals surface area contributed by atoms with Crippen molar-refractivity contribution in [2.24, 2.45) is 0 Å². The van der Waals surface area contributed by atoms with Crippen LogP contribution in [0.3, 0.4) is 0 Å². The van der Waals surface area contributed by atoms with Gasteiger partial charge in [-0.05, 0) is 12.6 Å². The number of amides is 2. The van der Waals surface area contributed by atoms with Gasteiger partial charge in [0.1, 0.15) is 0 Å². The average Bonchev–Trinajstić information content (AvgIpc) is 2.94. The van der Waals surface area contributed by atoms with Gasteiger partial charge in [0.25, 0.3) is 0 Å². The van der Waals surface area contributed by atoms with Gasteiger partial charge in [0, 0.05) is 37.9 Å². The molecule has 2 amide bonds. The maximum absolute atomic E-state index is 11.9. The van der Waals surface area contributed by atoms with Crippen molar-refractivity contribution >= 4 is 11.8 Å². The summed E-state index contributed by atoms with van der Waals surface area (Å²) in [4.78, 5) is 25.8. The lowest BCUT2D eigenvalue weighted by Gasteiger charge is -2.33. The molecule has 20 heavy (non-hydrogen) atoms. The number of aromatic amines is 1. The van der Waals surface area contributed by atoms with E-state index in [9.17, 15) is 9.59 Å². The van der Waals surface area contributed by atoms with Crippen LogP contribution in [0.25, 0.3) is 0 Å². The Kier molecular flexibility index (Phi) is 5.11. The summed E-state index contributed by atoms with van der Waals surface area (Å²) in [5.41, 5.74) is 0.982. The molecule has 7 nitrogen and oxygen atoms in total. The van der Waals surface area contributed by atoms with Crippen molar-refractivity contribution in [2.45, 2.75) is 25.8 Å². The zero-order chi connectivity index (χ0) is 14.4. The minimum atomic E-state index is -0.346. The van der Waals surface area contributed by atoms with Gasteiger partial charge in [-0.3, -0.25) is 19.6 Å². The summed E-state index contributed by atoms with van der Waals surface area (Å²) in [5, 5.41) is 12.3. The summed E-state index contributed by atoms with van der Waals surface area (Å²) in [7, 11) is 0. The predicted octanol–water partition coefficient (Wildman–Crippen LogP) is -0.721. The SMILES string of the molecule is CCN1CCNC(=O)[C@@H]1CC(=O)NCCc1ccn[nH]1. The molecule has 2 rings (SSSR count). The van der Waals surface area contributed by atoms with E-state index < -0.39 is 0 Å². The van der Waals surface area contributed by atoms with Crippen molar-refractivity contribution in [1.82, 2.24) is 25.7 Å². The Labute approximate surface area is 118 Å². The number of rotatable bonds is 6. The highest BCUT2D eigenvalue weighted by Crippen LogP contribution is 2.08. The van der Waals surface area contributed by atoms with Gasteiger partial charge in [-0.25, -0.2) is 0 Å². The molecule has 0 bridgehead atoms. The van der Waals surface area contributed by atoms with E-state index in [-0.39, 0.29) is 24.3 Å². The van der Waals surface area contributed by atoms with Gasteiger partial charge >= 0.3 is 0 Å². The Morgan fingerprint density at radius 1 is 1.60 bits per heavy atom. The summed E-state index contributed by atoms with van der Waals surface area (Å²) >= 11 is 0. The molecule has 110 valence electrons. The monoisotopic (exact) mass is 279 g/mol. The standard InChI is InChI=1S/C13H21N5O2/c1-2-18-8-7-15-13(20)11(18)9-12(19)14-5-3-10-4-6-16-17-10/h4,6,11H,2-3,5,7-9H2,1H3,(H,14,19)(H,15,20)(H,16,17)/t11-/m0/s1. The Morgan fingerprint density at radius 2 is 2.45 bits per heavy atom. The minimum Gasteiger partial charge on any atom is -0.356 e. The van der Waals surface area contributed by atoms with Crippen LogP contribution in [-0.4, -0.2) is 59.1 Å². The van der Waals surface area contributed by atoms with Crippen LogP contribution in [0.1, 0.15) is 19.0 Å². The summed E-state index contributed by atoms with van der Waals surface area (Å²) < 4.78 is 0. The maximum Gasteiger partial charge on any atom is 0.237 e. The number of hydrogen-bond acceptors (Lipinski definition) is 4. The maximum atomic E-state index is 11.9. The number of hydrogen-bond donors (Lipinski definition) is 3. The zero-order valence-electron chi connectivity index (χ0n) is 11.7. The largest absolute Gasteiger partial charge is 0.356 e. The molecule has 2 heterocycles. The van der Waals surface area contributed by atoms with Crippen LogP contribution >= 0.6 is 0 Å². The molecule has 1 aromatic rings. The molecule has 7 heteroatoms. The smallest absolute Gasteiger partial charge is 0.237 e. The number of piperazine rings is 1. The number of likely N-dealkylation sites (N-methyl/N-ethyl adjacent to an activating group) is 1. The number of aromatic nitrogens is 2. The average molecular weight is 279 g/mol. The quantitative estimate of drug-likeness (QED) is 0.641. The lowest BCUT2D eigenvalue weighted by molar-refractivity contribution is -0.133. The molecule has 0 unspecified atom stereocenters. The van der Waals surface area contributed by atoms with Gasteiger partial charge in [0.15, 0.2) is 0 Å². The Morgan fingerprint density at radius 3 is 3.15 bits per heavy atom. The highest BCUT2D eigenvalue weighted by molar-refractivity contribution is 5.88. The highest BCUT2D eigenvalue weighted by Gasteiger charge is 2.30. The molecule has 3 N–H and O–H groups in total. The van der Waals surface area contributed by atoms with E-state index in [0.29, 0.717) is 19.5 Å². The van der Waals surface area contributed by atoms with Crippen LogP contribution < -0.4 is 10.6 Å². The normalized spacial score (nSPS) is 19.6. The molecule has 1 aromatic heterocycles. The molecule has 0 aliphatic carbocycles. The third-order valence-electron chi connectivity index (χ3n) is 3.50. The van der Waals surface area contributed by atoms with Gasteiger partial charge in [-0.2, -0.15) is 5.10 Å². The second kappa shape index (κ2) is 7.04. The second-order valence-corrected chi connectivity index (χ2v) is 4.82. The zero-order valence-corrected chi connectivity index (χ0v) is 11.7. The van der Waals surface area contributed by atoms with E-state index in [1.54, 1.807) is 6.20 Å². The molecule has 1 atom stereocenters. The molecular formula is C13H21N5O2. The number of H-pyrrole nitrogens is 1. The van der Waals surface area contributed by atoms with E-state index >= 15 is 0 Å². The molecule has 1 aliphatic rings. The molecule has 0 radical (unpaired) electrons. The summed E-state index contributed by atoms with van der Waals surface area (Å²) in [6, 6.07) is 1.53. The first-order valence-corrected chi connectivity index (χ1v) is 6.97. The van der Waals surface area contributed by atoms with E-state index in [1.807, 2.05) is 17.9 Å². The van der Waals surface area contributed by atoms with Gasteiger partial charge in [0.2, 0.25) is 11.8 Å². The summed E-state index contributed by atoms with van der Waals surface area (Å²) in [6.45, 7) is 4.78. The number of nitrogens with one attached hydrogen (secondary N) is 3. The van der Waals surface area contributed by atoms with Crippen LogP contribution in [0.15, 0.2) is 12.3 Å². The predicted molar refractivity (Wildman–Crippen MR) is 74.0 cm³/mol. The fourth-order valence-electron chi connectivity index (χ4n) is 2.37. The first-order chi connectivity index (χ1) is 9.70. The molecule has 1 fully saturated rings.